The molecule has 0 unspecified atom stereocenters. The lowest BCUT2D eigenvalue weighted by atomic mass is 10.0. The maximum Gasteiger partial charge on any atom is 0.282 e. The molecule has 0 saturated heterocycles. The van der Waals surface area contributed by atoms with Gasteiger partial charge in [-0.2, -0.15) is 0 Å². The van der Waals surface area contributed by atoms with Gasteiger partial charge in [0.2, 0.25) is 0 Å². The molecule has 1 amide bonds. The number of nitro groups is 1. The fourth-order valence-electron chi connectivity index (χ4n) is 1.76. The van der Waals surface area contributed by atoms with Crippen LogP contribution in [0.3, 0.4) is 0 Å². The van der Waals surface area contributed by atoms with Gasteiger partial charge in [0.1, 0.15) is 5.56 Å². The molecule has 6 heteroatoms. The summed E-state index contributed by atoms with van der Waals surface area (Å²) in [6.07, 6.45) is 1.91. The van der Waals surface area contributed by atoms with E-state index in [9.17, 15) is 14.9 Å². The van der Waals surface area contributed by atoms with Crippen molar-refractivity contribution in [3.8, 4) is 0 Å². The molecular formula is C13H17ClN2O3. The normalized spacial score (nSPS) is 10.5. The van der Waals surface area contributed by atoms with E-state index in [4.69, 9.17) is 11.6 Å². The highest BCUT2D eigenvalue weighted by Gasteiger charge is 2.20. The Morgan fingerprint density at radius 1 is 1.42 bits per heavy atom. The minimum absolute atomic E-state index is 0.00320. The SMILES string of the molecule is CCC(CC)CNC(=O)c1cc(Cl)ccc1[N+](=O)[O-]. The van der Waals surface area contributed by atoms with Crippen LogP contribution in [0.4, 0.5) is 5.69 Å². The molecule has 1 N–H and O–H groups in total. The Hall–Kier alpha value is -1.62. The standard InChI is InChI=1S/C13H17ClN2O3/c1-3-9(4-2)8-15-13(17)11-7-10(14)5-6-12(11)16(18)19/h5-7,9H,3-4,8H2,1-2H3,(H,15,17). The molecule has 0 aliphatic rings. The third kappa shape index (κ3) is 4.21. The molecule has 0 bridgehead atoms. The predicted molar refractivity (Wildman–Crippen MR) is 74.5 cm³/mol. The van der Waals surface area contributed by atoms with Crippen LogP contribution in [-0.4, -0.2) is 17.4 Å². The van der Waals surface area contributed by atoms with Crippen LogP contribution >= 0.6 is 11.6 Å². The highest BCUT2D eigenvalue weighted by atomic mass is 35.5. The monoisotopic (exact) mass is 284 g/mol. The van der Waals surface area contributed by atoms with E-state index in [1.54, 1.807) is 0 Å². The van der Waals surface area contributed by atoms with Gasteiger partial charge in [0.15, 0.2) is 0 Å². The Morgan fingerprint density at radius 3 is 2.58 bits per heavy atom. The van der Waals surface area contributed by atoms with Crippen LogP contribution in [0.5, 0.6) is 0 Å². The molecule has 104 valence electrons. The molecule has 0 atom stereocenters. The fourth-order valence-corrected chi connectivity index (χ4v) is 1.93. The van der Waals surface area contributed by atoms with Crippen LogP contribution < -0.4 is 5.32 Å². The first-order valence-electron chi connectivity index (χ1n) is 6.21. The van der Waals surface area contributed by atoms with Crippen molar-refractivity contribution in [1.82, 2.24) is 5.32 Å². The van der Waals surface area contributed by atoms with E-state index in [1.165, 1.54) is 18.2 Å². The second-order valence-electron chi connectivity index (χ2n) is 4.31. The first kappa shape index (κ1) is 15.4. The number of rotatable bonds is 6. The van der Waals surface area contributed by atoms with E-state index in [1.807, 2.05) is 13.8 Å². The second kappa shape index (κ2) is 7.09. The molecule has 19 heavy (non-hydrogen) atoms. The number of nitrogens with zero attached hydrogens (tertiary/aromatic N) is 1. The topological polar surface area (TPSA) is 72.2 Å². The zero-order valence-electron chi connectivity index (χ0n) is 11.0. The summed E-state index contributed by atoms with van der Waals surface area (Å²) < 4.78 is 0. The van der Waals surface area contributed by atoms with Crippen LogP contribution in [-0.2, 0) is 0 Å². The van der Waals surface area contributed by atoms with Gasteiger partial charge in [-0.25, -0.2) is 0 Å². The Bertz CT molecular complexity index is 473. The minimum atomic E-state index is -0.581. The van der Waals surface area contributed by atoms with Crippen LogP contribution in [0, 0.1) is 16.0 Å². The van der Waals surface area contributed by atoms with E-state index >= 15 is 0 Å². The van der Waals surface area contributed by atoms with Gasteiger partial charge < -0.3 is 5.32 Å². The van der Waals surface area contributed by atoms with Crippen molar-refractivity contribution in [2.75, 3.05) is 6.54 Å². The summed E-state index contributed by atoms with van der Waals surface area (Å²) in [6, 6.07) is 3.97. The van der Waals surface area contributed by atoms with E-state index < -0.39 is 10.8 Å². The molecule has 0 aromatic heterocycles. The first-order valence-corrected chi connectivity index (χ1v) is 6.59. The molecule has 0 aliphatic heterocycles. The van der Waals surface area contributed by atoms with Crippen LogP contribution in [0.1, 0.15) is 37.0 Å². The molecule has 0 radical (unpaired) electrons. The Morgan fingerprint density at radius 2 is 2.05 bits per heavy atom. The van der Waals surface area contributed by atoms with Crippen molar-refractivity contribution >= 4 is 23.2 Å². The molecular weight excluding hydrogens is 268 g/mol. The van der Waals surface area contributed by atoms with Gasteiger partial charge in [-0.05, 0) is 18.1 Å². The lowest BCUT2D eigenvalue weighted by molar-refractivity contribution is -0.385. The number of nitrogens with one attached hydrogen (secondary N) is 1. The van der Waals surface area contributed by atoms with Gasteiger partial charge in [-0.1, -0.05) is 38.3 Å². The van der Waals surface area contributed by atoms with Crippen molar-refractivity contribution in [1.29, 1.82) is 0 Å². The number of carbonyl (C=O) groups excluding carboxylic acids is 1. The number of carbonyl (C=O) groups is 1. The summed E-state index contributed by atoms with van der Waals surface area (Å²) in [7, 11) is 0. The maximum absolute atomic E-state index is 12.0. The average molecular weight is 285 g/mol. The number of amides is 1. The van der Waals surface area contributed by atoms with Crippen LogP contribution in [0.15, 0.2) is 18.2 Å². The minimum Gasteiger partial charge on any atom is -0.352 e. The van der Waals surface area contributed by atoms with Gasteiger partial charge in [0.05, 0.1) is 4.92 Å². The third-order valence-electron chi connectivity index (χ3n) is 3.11. The molecule has 1 rings (SSSR count). The van der Waals surface area contributed by atoms with E-state index in [0.29, 0.717) is 17.5 Å². The van der Waals surface area contributed by atoms with Gasteiger partial charge >= 0.3 is 0 Å². The van der Waals surface area contributed by atoms with Crippen molar-refractivity contribution in [2.24, 2.45) is 5.92 Å². The zero-order chi connectivity index (χ0) is 14.4. The Labute approximate surface area is 117 Å². The first-order chi connectivity index (χ1) is 8.99. The third-order valence-corrected chi connectivity index (χ3v) is 3.34. The summed E-state index contributed by atoms with van der Waals surface area (Å²) >= 11 is 5.78. The van der Waals surface area contributed by atoms with E-state index in [2.05, 4.69) is 5.32 Å². The molecule has 1 aromatic rings. The smallest absolute Gasteiger partial charge is 0.282 e. The highest BCUT2D eigenvalue weighted by Crippen LogP contribution is 2.22. The maximum atomic E-state index is 12.0. The van der Waals surface area contributed by atoms with E-state index in [-0.39, 0.29) is 11.3 Å². The number of hydrogen-bond donors (Lipinski definition) is 1. The summed E-state index contributed by atoms with van der Waals surface area (Å²) in [6.45, 7) is 4.60. The number of nitro benzene ring substituents is 1. The molecule has 0 aliphatic carbocycles. The van der Waals surface area contributed by atoms with Crippen LogP contribution in [0.25, 0.3) is 0 Å². The lowest BCUT2D eigenvalue weighted by Crippen LogP contribution is -2.29. The Kier molecular flexibility index (Phi) is 5.76. The molecule has 0 fully saturated rings. The van der Waals surface area contributed by atoms with Crippen LogP contribution in [0.2, 0.25) is 5.02 Å². The quantitative estimate of drug-likeness (QED) is 0.642. The Balaban J connectivity index is 2.87. The molecule has 0 saturated carbocycles. The van der Waals surface area contributed by atoms with Crippen molar-refractivity contribution < 1.29 is 9.72 Å². The number of hydrogen-bond acceptors (Lipinski definition) is 3. The van der Waals surface area contributed by atoms with Gasteiger partial charge in [-0.15, -0.1) is 0 Å². The zero-order valence-corrected chi connectivity index (χ0v) is 11.7. The van der Waals surface area contributed by atoms with Gasteiger partial charge in [0.25, 0.3) is 11.6 Å². The fraction of sp³-hybridized carbons (Fsp3) is 0.462. The van der Waals surface area contributed by atoms with Gasteiger partial charge in [-0.3, -0.25) is 14.9 Å². The van der Waals surface area contributed by atoms with Crippen molar-refractivity contribution in [3.05, 3.63) is 38.9 Å². The van der Waals surface area contributed by atoms with Crippen molar-refractivity contribution in [3.63, 3.8) is 0 Å². The number of benzene rings is 1. The number of halogens is 1. The summed E-state index contributed by atoms with van der Waals surface area (Å²) in [5.41, 5.74) is -0.227. The molecule has 1 aromatic carbocycles. The summed E-state index contributed by atoms with van der Waals surface area (Å²) in [5, 5.41) is 13.9. The highest BCUT2D eigenvalue weighted by molar-refractivity contribution is 6.31. The van der Waals surface area contributed by atoms with E-state index in [0.717, 1.165) is 12.8 Å². The second-order valence-corrected chi connectivity index (χ2v) is 4.75. The summed E-state index contributed by atoms with van der Waals surface area (Å²) in [4.78, 5) is 22.3. The molecule has 5 nitrogen and oxygen atoms in total. The average Bonchev–Trinajstić information content (AvgIpc) is 2.39. The predicted octanol–water partition coefficient (Wildman–Crippen LogP) is 3.41. The molecule has 0 heterocycles. The lowest BCUT2D eigenvalue weighted by Gasteiger charge is -2.13. The van der Waals surface area contributed by atoms with Crippen molar-refractivity contribution in [2.45, 2.75) is 26.7 Å². The largest absolute Gasteiger partial charge is 0.352 e. The molecule has 0 spiro atoms. The van der Waals surface area contributed by atoms with Gasteiger partial charge in [0, 0.05) is 17.6 Å². The summed E-state index contributed by atoms with van der Waals surface area (Å²) in [5.74, 6) is -0.0803.